The van der Waals surface area contributed by atoms with Crippen LogP contribution >= 0.6 is 11.3 Å². The smallest absolute Gasteiger partial charge is 0.197 e. The third-order valence-corrected chi connectivity index (χ3v) is 2.01. The Morgan fingerprint density at radius 1 is 1.58 bits per heavy atom. The second kappa shape index (κ2) is 2.95. The van der Waals surface area contributed by atoms with Crippen molar-refractivity contribution in [2.24, 2.45) is 5.73 Å². The number of H-pyrrole nitrogens is 1. The molecule has 6 nitrogen and oxygen atoms in total. The molecule has 0 bridgehead atoms. The Labute approximate surface area is 71.8 Å². The number of nitrogens with zero attached hydrogens (tertiary/aromatic N) is 4. The molecule has 0 spiro atoms. The SMILES string of the molecule is NC(c1cscn1)c1nn[nH]n1. The van der Waals surface area contributed by atoms with Crippen LogP contribution < -0.4 is 5.73 Å². The fourth-order valence-corrected chi connectivity index (χ4v) is 1.40. The summed E-state index contributed by atoms with van der Waals surface area (Å²) in [5, 5.41) is 15.1. The van der Waals surface area contributed by atoms with Crippen molar-refractivity contribution in [2.75, 3.05) is 0 Å². The predicted octanol–water partition coefficient (Wildman–Crippen LogP) is -0.296. The van der Waals surface area contributed by atoms with E-state index < -0.39 is 0 Å². The summed E-state index contributed by atoms with van der Waals surface area (Å²) >= 11 is 1.49. The Bertz CT molecular complexity index is 292. The van der Waals surface area contributed by atoms with Crippen LogP contribution in [0.2, 0.25) is 0 Å². The summed E-state index contributed by atoms with van der Waals surface area (Å²) in [6, 6.07) is -0.380. The number of hydrogen-bond acceptors (Lipinski definition) is 6. The molecule has 0 aromatic carbocycles. The lowest BCUT2D eigenvalue weighted by atomic mass is 10.2. The second-order valence-electron chi connectivity index (χ2n) is 2.16. The second-order valence-corrected chi connectivity index (χ2v) is 2.88. The Balaban J connectivity index is 2.27. The molecule has 3 N–H and O–H groups in total. The van der Waals surface area contributed by atoms with Gasteiger partial charge >= 0.3 is 0 Å². The van der Waals surface area contributed by atoms with Gasteiger partial charge in [0.2, 0.25) is 0 Å². The minimum absolute atomic E-state index is 0.380. The number of aromatic nitrogens is 5. The van der Waals surface area contributed by atoms with Gasteiger partial charge in [-0.25, -0.2) is 4.98 Å². The normalized spacial score (nSPS) is 13.1. The van der Waals surface area contributed by atoms with Crippen LogP contribution in [0.3, 0.4) is 0 Å². The van der Waals surface area contributed by atoms with Crippen molar-refractivity contribution >= 4 is 11.3 Å². The molecule has 0 aliphatic heterocycles. The van der Waals surface area contributed by atoms with E-state index in [1.165, 1.54) is 11.3 Å². The van der Waals surface area contributed by atoms with Crippen molar-refractivity contribution < 1.29 is 0 Å². The zero-order chi connectivity index (χ0) is 8.39. The zero-order valence-corrected chi connectivity index (χ0v) is 6.82. The van der Waals surface area contributed by atoms with Gasteiger partial charge in [-0.2, -0.15) is 5.21 Å². The van der Waals surface area contributed by atoms with Crippen LogP contribution in [0.4, 0.5) is 0 Å². The van der Waals surface area contributed by atoms with E-state index in [2.05, 4.69) is 25.6 Å². The summed E-state index contributed by atoms with van der Waals surface area (Å²) in [4.78, 5) is 4.04. The maximum absolute atomic E-state index is 5.76. The van der Waals surface area contributed by atoms with E-state index in [0.29, 0.717) is 5.82 Å². The fourth-order valence-electron chi connectivity index (χ4n) is 0.809. The molecule has 1 unspecified atom stereocenters. The molecule has 2 aromatic rings. The molecule has 62 valence electrons. The highest BCUT2D eigenvalue weighted by molar-refractivity contribution is 7.07. The van der Waals surface area contributed by atoms with E-state index >= 15 is 0 Å². The summed E-state index contributed by atoms with van der Waals surface area (Å²) in [6.45, 7) is 0. The van der Waals surface area contributed by atoms with Crippen molar-refractivity contribution in [2.45, 2.75) is 6.04 Å². The van der Waals surface area contributed by atoms with Crippen LogP contribution in [0.1, 0.15) is 17.6 Å². The number of rotatable bonds is 2. The molecule has 12 heavy (non-hydrogen) atoms. The van der Waals surface area contributed by atoms with E-state index in [0.717, 1.165) is 5.69 Å². The monoisotopic (exact) mass is 182 g/mol. The Hall–Kier alpha value is -1.34. The maximum Gasteiger partial charge on any atom is 0.197 e. The molecule has 7 heteroatoms. The molecule has 2 aromatic heterocycles. The van der Waals surface area contributed by atoms with Crippen LogP contribution in [-0.4, -0.2) is 25.6 Å². The van der Waals surface area contributed by atoms with E-state index in [9.17, 15) is 0 Å². The highest BCUT2D eigenvalue weighted by Gasteiger charge is 2.14. The number of hydrogen-bond donors (Lipinski definition) is 2. The van der Waals surface area contributed by atoms with E-state index in [1.54, 1.807) is 5.51 Å². The zero-order valence-electron chi connectivity index (χ0n) is 6.01. The van der Waals surface area contributed by atoms with Crippen LogP contribution in [0.5, 0.6) is 0 Å². The number of aromatic amines is 1. The molecule has 0 saturated carbocycles. The molecule has 0 aliphatic carbocycles. The van der Waals surface area contributed by atoms with Crippen molar-refractivity contribution in [1.29, 1.82) is 0 Å². The molecule has 0 radical (unpaired) electrons. The molecule has 2 rings (SSSR count). The Kier molecular flexibility index (Phi) is 1.80. The van der Waals surface area contributed by atoms with Crippen molar-refractivity contribution in [3.8, 4) is 0 Å². The number of nitrogens with one attached hydrogen (secondary N) is 1. The van der Waals surface area contributed by atoms with Gasteiger partial charge in [0.15, 0.2) is 5.82 Å². The minimum atomic E-state index is -0.380. The number of tetrazole rings is 1. The molecule has 0 aliphatic rings. The van der Waals surface area contributed by atoms with E-state index in [-0.39, 0.29) is 6.04 Å². The highest BCUT2D eigenvalue weighted by Crippen LogP contribution is 2.14. The predicted molar refractivity (Wildman–Crippen MR) is 42.3 cm³/mol. The van der Waals surface area contributed by atoms with E-state index in [4.69, 9.17) is 5.73 Å². The van der Waals surface area contributed by atoms with Gasteiger partial charge in [-0.1, -0.05) is 5.21 Å². The summed E-state index contributed by atoms with van der Waals surface area (Å²) in [6.07, 6.45) is 0. The molecule has 2 heterocycles. The topological polar surface area (TPSA) is 93.4 Å². The molecular formula is C5H6N6S. The standard InChI is InChI=1S/C5H6N6S/c6-4(3-1-12-2-7-3)5-8-10-11-9-5/h1-2,4H,6H2,(H,8,9,10,11). The molecule has 0 saturated heterocycles. The first-order valence-electron chi connectivity index (χ1n) is 3.25. The van der Waals surface area contributed by atoms with Crippen LogP contribution in [-0.2, 0) is 0 Å². The summed E-state index contributed by atoms with van der Waals surface area (Å²) in [5.74, 6) is 0.459. The molecule has 0 amide bonds. The van der Waals surface area contributed by atoms with Gasteiger partial charge in [0.05, 0.1) is 11.2 Å². The average Bonchev–Trinajstić information content (AvgIpc) is 2.77. The number of nitrogens with two attached hydrogens (primary N) is 1. The third kappa shape index (κ3) is 1.19. The van der Waals surface area contributed by atoms with Crippen molar-refractivity contribution in [1.82, 2.24) is 25.6 Å². The van der Waals surface area contributed by atoms with Crippen molar-refractivity contribution in [3.63, 3.8) is 0 Å². The molecular weight excluding hydrogens is 176 g/mol. The van der Waals surface area contributed by atoms with Gasteiger partial charge in [-0.15, -0.1) is 21.5 Å². The minimum Gasteiger partial charge on any atom is -0.316 e. The van der Waals surface area contributed by atoms with Gasteiger partial charge in [-0.05, 0) is 0 Å². The quantitative estimate of drug-likeness (QED) is 0.665. The fraction of sp³-hybridized carbons (Fsp3) is 0.200. The lowest BCUT2D eigenvalue weighted by molar-refractivity contribution is 0.764. The third-order valence-electron chi connectivity index (χ3n) is 1.41. The Morgan fingerprint density at radius 3 is 3.08 bits per heavy atom. The van der Waals surface area contributed by atoms with Gasteiger partial charge in [0.25, 0.3) is 0 Å². The lowest BCUT2D eigenvalue weighted by Gasteiger charge is -2.00. The number of thiazole rings is 1. The van der Waals surface area contributed by atoms with Gasteiger partial charge in [0.1, 0.15) is 6.04 Å². The summed E-state index contributed by atoms with van der Waals surface area (Å²) in [7, 11) is 0. The Morgan fingerprint density at radius 2 is 2.50 bits per heavy atom. The highest BCUT2D eigenvalue weighted by atomic mass is 32.1. The first kappa shape index (κ1) is 7.32. The summed E-state index contributed by atoms with van der Waals surface area (Å²) < 4.78 is 0. The maximum atomic E-state index is 5.76. The lowest BCUT2D eigenvalue weighted by Crippen LogP contribution is -2.13. The largest absolute Gasteiger partial charge is 0.316 e. The van der Waals surface area contributed by atoms with Gasteiger partial charge in [0, 0.05) is 5.38 Å². The van der Waals surface area contributed by atoms with Gasteiger partial charge < -0.3 is 5.73 Å². The molecule has 0 fully saturated rings. The van der Waals surface area contributed by atoms with E-state index in [1.807, 2.05) is 5.38 Å². The van der Waals surface area contributed by atoms with Gasteiger partial charge in [-0.3, -0.25) is 0 Å². The average molecular weight is 182 g/mol. The van der Waals surface area contributed by atoms with Crippen LogP contribution in [0.15, 0.2) is 10.9 Å². The summed E-state index contributed by atoms with van der Waals surface area (Å²) in [5.41, 5.74) is 8.25. The van der Waals surface area contributed by atoms with Crippen molar-refractivity contribution in [3.05, 3.63) is 22.4 Å². The first-order valence-corrected chi connectivity index (χ1v) is 4.19. The first-order chi connectivity index (χ1) is 5.88. The molecule has 1 atom stereocenters. The van der Waals surface area contributed by atoms with Crippen LogP contribution in [0, 0.1) is 0 Å². The van der Waals surface area contributed by atoms with Crippen LogP contribution in [0.25, 0.3) is 0 Å².